The summed E-state index contributed by atoms with van der Waals surface area (Å²) in [5.74, 6) is -0.366. The molecular weight excluding hydrogens is 416 g/mol. The first kappa shape index (κ1) is 21.9. The number of aliphatic imine (C=N–C) groups is 1. The second-order valence-electron chi connectivity index (χ2n) is 6.82. The van der Waals surface area contributed by atoms with Gasteiger partial charge in [-0.3, -0.25) is 15.2 Å². The molecule has 0 bridgehead atoms. The summed E-state index contributed by atoms with van der Waals surface area (Å²) in [6.45, 7) is 1.72. The predicted octanol–water partition coefficient (Wildman–Crippen LogP) is 3.80. The highest BCUT2D eigenvalue weighted by Crippen LogP contribution is 2.20. The highest BCUT2D eigenvalue weighted by atomic mass is 35.5. The number of benzene rings is 2. The van der Waals surface area contributed by atoms with Gasteiger partial charge in [0.25, 0.3) is 11.9 Å². The molecule has 2 aromatic carbocycles. The van der Waals surface area contributed by atoms with Gasteiger partial charge in [0.1, 0.15) is 5.69 Å². The first-order valence-corrected chi connectivity index (χ1v) is 9.64. The van der Waals surface area contributed by atoms with Crippen molar-refractivity contribution in [2.75, 3.05) is 14.1 Å². The van der Waals surface area contributed by atoms with Crippen LogP contribution in [0.2, 0.25) is 5.02 Å². The molecule has 0 atom stereocenters. The van der Waals surface area contributed by atoms with Gasteiger partial charge in [-0.1, -0.05) is 23.7 Å². The average Bonchev–Trinajstić information content (AvgIpc) is 2.75. The molecule has 0 unspecified atom stereocenters. The third-order valence-electron chi connectivity index (χ3n) is 4.28. The largest absolute Gasteiger partial charge is 0.405 e. The van der Waals surface area contributed by atoms with Gasteiger partial charge in [0.05, 0.1) is 23.3 Å². The van der Waals surface area contributed by atoms with Crippen molar-refractivity contribution < 1.29 is 9.53 Å². The molecule has 158 valence electrons. The van der Waals surface area contributed by atoms with Crippen LogP contribution in [0.3, 0.4) is 0 Å². The Hall–Kier alpha value is -3.78. The summed E-state index contributed by atoms with van der Waals surface area (Å²) < 4.78 is 5.34. The number of ether oxygens (including phenoxy) is 1. The number of amides is 1. The van der Waals surface area contributed by atoms with Gasteiger partial charge >= 0.3 is 0 Å². The van der Waals surface area contributed by atoms with Gasteiger partial charge in [-0.15, -0.1) is 0 Å². The molecule has 0 fully saturated rings. The fourth-order valence-corrected chi connectivity index (χ4v) is 2.79. The smallest absolute Gasteiger partial charge is 0.294 e. The van der Waals surface area contributed by atoms with E-state index in [-0.39, 0.29) is 23.5 Å². The Morgan fingerprint density at radius 2 is 1.77 bits per heavy atom. The Kier molecular flexibility index (Phi) is 6.61. The van der Waals surface area contributed by atoms with E-state index in [1.54, 1.807) is 75.7 Å². The van der Waals surface area contributed by atoms with Gasteiger partial charge < -0.3 is 15.4 Å². The zero-order valence-electron chi connectivity index (χ0n) is 17.3. The zero-order chi connectivity index (χ0) is 22.5. The fourth-order valence-electron chi connectivity index (χ4n) is 2.66. The van der Waals surface area contributed by atoms with Crippen LogP contribution in [0.1, 0.15) is 21.7 Å². The Bertz CT molecular complexity index is 1140. The van der Waals surface area contributed by atoms with Crippen molar-refractivity contribution in [3.63, 3.8) is 0 Å². The number of amidine groups is 1. The minimum absolute atomic E-state index is 0.0899. The van der Waals surface area contributed by atoms with E-state index in [9.17, 15) is 4.79 Å². The lowest BCUT2D eigenvalue weighted by Crippen LogP contribution is -2.22. The van der Waals surface area contributed by atoms with Gasteiger partial charge in [0, 0.05) is 30.2 Å². The number of nitrogens with two attached hydrogens (primary N) is 1. The molecule has 0 saturated heterocycles. The molecule has 3 rings (SSSR count). The lowest BCUT2D eigenvalue weighted by molar-refractivity contribution is 0.0827. The van der Waals surface area contributed by atoms with Crippen LogP contribution in [-0.4, -0.2) is 46.8 Å². The van der Waals surface area contributed by atoms with E-state index in [0.29, 0.717) is 27.7 Å². The summed E-state index contributed by atoms with van der Waals surface area (Å²) in [6, 6.07) is 13.5. The number of carbonyl (C=O) groups is 1. The highest BCUT2D eigenvalue weighted by Gasteiger charge is 2.15. The van der Waals surface area contributed by atoms with E-state index in [0.717, 1.165) is 5.56 Å². The topological polar surface area (TPSA) is 118 Å². The minimum Gasteiger partial charge on any atom is -0.405 e. The number of nitrogens with zero attached hydrogens (tertiary/aromatic N) is 4. The second kappa shape index (κ2) is 9.36. The lowest BCUT2D eigenvalue weighted by Gasteiger charge is -2.11. The van der Waals surface area contributed by atoms with Crippen LogP contribution in [0.15, 0.2) is 59.7 Å². The monoisotopic (exact) mass is 436 g/mol. The Balaban J connectivity index is 1.81. The van der Waals surface area contributed by atoms with Crippen molar-refractivity contribution >= 4 is 35.1 Å². The van der Waals surface area contributed by atoms with Gasteiger partial charge in [-0.05, 0) is 43.3 Å². The molecule has 0 radical (unpaired) electrons. The van der Waals surface area contributed by atoms with Crippen LogP contribution in [0.5, 0.6) is 0 Å². The second-order valence-corrected chi connectivity index (χ2v) is 7.26. The first-order valence-electron chi connectivity index (χ1n) is 9.27. The molecule has 0 saturated carbocycles. The fraction of sp³-hybridized carbons (Fsp3) is 0.136. The van der Waals surface area contributed by atoms with Crippen LogP contribution in [0.4, 0.5) is 5.69 Å². The van der Waals surface area contributed by atoms with E-state index >= 15 is 0 Å². The summed E-state index contributed by atoms with van der Waals surface area (Å²) >= 11 is 5.85. The number of aryl methyl sites for hydroxylation is 1. The summed E-state index contributed by atoms with van der Waals surface area (Å²) in [5, 5.41) is 8.82. The molecule has 9 heteroatoms. The lowest BCUT2D eigenvalue weighted by atomic mass is 10.1. The number of halogens is 1. The Labute approximate surface area is 184 Å². The third-order valence-corrected chi connectivity index (χ3v) is 4.53. The molecule has 1 amide bonds. The van der Waals surface area contributed by atoms with Crippen molar-refractivity contribution in [3.8, 4) is 11.3 Å². The molecular formula is C22H21ClN6O2. The average molecular weight is 437 g/mol. The maximum absolute atomic E-state index is 12.1. The number of aromatic nitrogens is 2. The molecule has 0 aliphatic heterocycles. The number of carbonyl (C=O) groups excluding carboxylic acids is 1. The number of rotatable bonds is 4. The molecule has 3 N–H and O–H groups in total. The van der Waals surface area contributed by atoms with Crippen LogP contribution in [0, 0.1) is 12.3 Å². The summed E-state index contributed by atoms with van der Waals surface area (Å²) in [4.78, 5) is 26.5. The number of nitrogens with one attached hydrogen (secondary N) is 1. The maximum Gasteiger partial charge on any atom is 0.294 e. The summed E-state index contributed by atoms with van der Waals surface area (Å²) in [6.07, 6.45) is 1.60. The molecule has 8 nitrogen and oxygen atoms in total. The SMILES string of the molecule is Cc1ncc(-c2ccc(C(=O)N(C)C)cc2)nc1C(=N)OC(N)=Nc1ccc(Cl)cc1. The Morgan fingerprint density at radius 3 is 2.39 bits per heavy atom. The van der Waals surface area contributed by atoms with Gasteiger partial charge in [-0.2, -0.15) is 4.99 Å². The van der Waals surface area contributed by atoms with Gasteiger partial charge in [-0.25, -0.2) is 4.98 Å². The molecule has 1 aromatic heterocycles. The van der Waals surface area contributed by atoms with E-state index < -0.39 is 0 Å². The van der Waals surface area contributed by atoms with Crippen molar-refractivity contribution in [1.29, 1.82) is 5.41 Å². The van der Waals surface area contributed by atoms with E-state index in [1.807, 2.05) is 0 Å². The normalized spacial score (nSPS) is 11.2. The Morgan fingerprint density at radius 1 is 1.13 bits per heavy atom. The van der Waals surface area contributed by atoms with Gasteiger partial charge in [0.15, 0.2) is 0 Å². The van der Waals surface area contributed by atoms with Crippen molar-refractivity contribution in [3.05, 3.63) is 76.7 Å². The quantitative estimate of drug-likeness (QED) is 0.476. The molecule has 0 aliphatic carbocycles. The molecule has 31 heavy (non-hydrogen) atoms. The van der Waals surface area contributed by atoms with Crippen molar-refractivity contribution in [2.24, 2.45) is 10.7 Å². The minimum atomic E-state index is -0.276. The molecule has 3 aromatic rings. The number of hydrogen-bond donors (Lipinski definition) is 2. The zero-order valence-corrected chi connectivity index (χ0v) is 18.0. The third kappa shape index (κ3) is 5.43. The predicted molar refractivity (Wildman–Crippen MR) is 121 cm³/mol. The van der Waals surface area contributed by atoms with Crippen LogP contribution >= 0.6 is 11.6 Å². The van der Waals surface area contributed by atoms with E-state index in [2.05, 4.69) is 15.0 Å². The molecule has 0 spiro atoms. The van der Waals surface area contributed by atoms with E-state index in [4.69, 9.17) is 27.5 Å². The molecule has 0 aliphatic rings. The highest BCUT2D eigenvalue weighted by molar-refractivity contribution is 6.30. The summed E-state index contributed by atoms with van der Waals surface area (Å²) in [5.41, 5.74) is 8.95. The van der Waals surface area contributed by atoms with Crippen LogP contribution < -0.4 is 5.73 Å². The summed E-state index contributed by atoms with van der Waals surface area (Å²) in [7, 11) is 3.39. The van der Waals surface area contributed by atoms with Crippen molar-refractivity contribution in [1.82, 2.24) is 14.9 Å². The maximum atomic E-state index is 12.1. The standard InChI is InChI=1S/C22H21ClN6O2/c1-13-19(20(24)31-22(25)27-17-10-8-16(23)9-11-17)28-18(12-26-13)14-4-6-15(7-5-14)21(30)29(2)3/h4-12,24H,1-3H3,(H2,25,27). The van der Waals surface area contributed by atoms with E-state index in [1.165, 1.54) is 4.90 Å². The number of hydrogen-bond acceptors (Lipinski definition) is 6. The van der Waals surface area contributed by atoms with Gasteiger partial charge in [0.2, 0.25) is 5.90 Å². The van der Waals surface area contributed by atoms with Crippen LogP contribution in [0.25, 0.3) is 11.3 Å². The van der Waals surface area contributed by atoms with Crippen molar-refractivity contribution in [2.45, 2.75) is 6.92 Å². The molecule has 1 heterocycles. The van der Waals surface area contributed by atoms with Crippen LogP contribution in [-0.2, 0) is 4.74 Å². The first-order chi connectivity index (χ1) is 14.7.